The summed E-state index contributed by atoms with van der Waals surface area (Å²) in [5.41, 5.74) is 0. The number of ether oxygens (including phenoxy) is 2. The van der Waals surface area contributed by atoms with E-state index < -0.39 is 0 Å². The summed E-state index contributed by atoms with van der Waals surface area (Å²) in [4.78, 5) is 0. The van der Waals surface area contributed by atoms with E-state index in [1.54, 1.807) is 0 Å². The molecule has 1 heterocycles. The van der Waals surface area contributed by atoms with Crippen LogP contribution in [0.15, 0.2) is 0 Å². The van der Waals surface area contributed by atoms with Gasteiger partial charge < -0.3 is 9.47 Å². The van der Waals surface area contributed by atoms with Gasteiger partial charge in [-0.2, -0.15) is 0 Å². The van der Waals surface area contributed by atoms with Crippen molar-refractivity contribution < 1.29 is 9.47 Å². The van der Waals surface area contributed by atoms with Gasteiger partial charge in [0.2, 0.25) is 0 Å². The van der Waals surface area contributed by atoms with Crippen LogP contribution in [-0.2, 0) is 9.47 Å². The molecule has 2 nitrogen and oxygen atoms in total. The fourth-order valence-corrected chi connectivity index (χ4v) is 0.204. The molecule has 0 amide bonds. The van der Waals surface area contributed by atoms with Crippen LogP contribution in [0.5, 0.6) is 0 Å². The molecule has 0 unspecified atom stereocenters. The first-order valence-corrected chi connectivity index (χ1v) is 1.63. The normalized spacial score (nSPS) is 21.5. The maximum Gasteiger partial charge on any atom is 0.160 e. The van der Waals surface area contributed by atoms with Gasteiger partial charge >= 0.3 is 0 Å². The van der Waals surface area contributed by atoms with Crippen LogP contribution in [0.4, 0.5) is 0 Å². The molecule has 0 saturated carbocycles. The lowest BCUT2D eigenvalue weighted by Gasteiger charge is -2.21. The lowest BCUT2D eigenvalue weighted by molar-refractivity contribution is -0.311. The van der Waals surface area contributed by atoms with Crippen molar-refractivity contribution in [2.45, 2.75) is 20.6 Å². The van der Waals surface area contributed by atoms with Crippen molar-refractivity contribution in [1.82, 2.24) is 0 Å². The van der Waals surface area contributed by atoms with E-state index in [1.807, 2.05) is 6.92 Å². The first-order chi connectivity index (χ1) is 2.39. The highest BCUT2D eigenvalue weighted by Gasteiger charge is 2.09. The third kappa shape index (κ3) is 0.954. The summed E-state index contributed by atoms with van der Waals surface area (Å²) in [5, 5.41) is 0. The maximum atomic E-state index is 4.71. The van der Waals surface area contributed by atoms with Gasteiger partial charge in [0.05, 0.1) is 0 Å². The van der Waals surface area contributed by atoms with Gasteiger partial charge in [-0.15, -0.1) is 0 Å². The van der Waals surface area contributed by atoms with Gasteiger partial charge in [0.15, 0.2) is 13.1 Å². The van der Waals surface area contributed by atoms with E-state index in [2.05, 4.69) is 0 Å². The molecule has 2 heteroatoms. The maximum absolute atomic E-state index is 4.71. The lowest BCUT2D eigenvalue weighted by atomic mass is 10.7. The van der Waals surface area contributed by atoms with Crippen LogP contribution in [0.3, 0.4) is 0 Å². The Morgan fingerprint density at radius 3 is 1.83 bits per heavy atom. The van der Waals surface area contributed by atoms with Crippen molar-refractivity contribution >= 4 is 0 Å². The lowest BCUT2D eigenvalue weighted by Crippen LogP contribution is -2.26. The zero-order valence-electron chi connectivity index (χ0n) is 3.10. The molecule has 0 N–H and O–H groups in total. The van der Waals surface area contributed by atoms with Crippen LogP contribution in [0.25, 0.3) is 0 Å². The predicted molar refractivity (Wildman–Crippen MR) is 23.2 cm³/mol. The molecule has 1 rings (SSSR count). The van der Waals surface area contributed by atoms with E-state index in [-0.39, 0.29) is 13.7 Å². The molecule has 1 saturated heterocycles. The molecule has 38 valence electrons. The van der Waals surface area contributed by atoms with Crippen LogP contribution < -0.4 is 0 Å². The van der Waals surface area contributed by atoms with Gasteiger partial charge in [0.25, 0.3) is 0 Å². The highest BCUT2D eigenvalue weighted by atomic mass is 16.8. The Bertz CT molecular complexity index is 32.5. The molecule has 0 aromatic rings. The average Bonchev–Trinajstić information content (AvgIpc) is 1.30. The minimum Gasteiger partial charge on any atom is -0.327 e. The summed E-state index contributed by atoms with van der Waals surface area (Å²) in [5.74, 6) is 0. The van der Waals surface area contributed by atoms with Crippen molar-refractivity contribution in [2.24, 2.45) is 0 Å². The first-order valence-electron chi connectivity index (χ1n) is 1.63. The smallest absolute Gasteiger partial charge is 0.160 e. The molecule has 0 atom stereocenters. The monoisotopic (exact) mass is 90.1 g/mol. The van der Waals surface area contributed by atoms with Crippen molar-refractivity contribution in [1.29, 1.82) is 0 Å². The molecule has 1 fully saturated rings. The van der Waals surface area contributed by atoms with Crippen molar-refractivity contribution in [3.05, 3.63) is 0 Å². The zero-order chi connectivity index (χ0) is 3.70. The highest BCUT2D eigenvalue weighted by Crippen LogP contribution is 2.02. The molecule has 0 aromatic heterocycles. The number of hydrogen-bond acceptors (Lipinski definition) is 2. The second-order valence-electron chi connectivity index (χ2n) is 1.02. The molecule has 0 spiro atoms. The van der Waals surface area contributed by atoms with Crippen LogP contribution in [0.2, 0.25) is 0 Å². The predicted octanol–water partition coefficient (Wildman–Crippen LogP) is 0.973. The van der Waals surface area contributed by atoms with Crippen molar-refractivity contribution in [3.8, 4) is 0 Å². The Morgan fingerprint density at radius 2 is 1.83 bits per heavy atom. The molecule has 0 aliphatic carbocycles. The molecule has 1 aliphatic rings. The molecule has 1 aliphatic heterocycles. The summed E-state index contributed by atoms with van der Waals surface area (Å²) >= 11 is 0. The fourth-order valence-electron chi connectivity index (χ4n) is 0.204. The summed E-state index contributed by atoms with van der Waals surface area (Å²) in [7, 11) is 0. The van der Waals surface area contributed by atoms with Crippen molar-refractivity contribution in [3.63, 3.8) is 0 Å². The van der Waals surface area contributed by atoms with Gasteiger partial charge in [0, 0.05) is 0 Å². The Balaban J connectivity index is 0.000000250. The van der Waals surface area contributed by atoms with Crippen LogP contribution >= 0.6 is 0 Å². The van der Waals surface area contributed by atoms with E-state index in [0.29, 0.717) is 6.79 Å². The van der Waals surface area contributed by atoms with Crippen LogP contribution in [0, 0.1) is 0 Å². The van der Waals surface area contributed by atoms with E-state index in [0.717, 1.165) is 0 Å². The summed E-state index contributed by atoms with van der Waals surface area (Å²) in [6, 6.07) is 0. The second kappa shape index (κ2) is 2.16. The topological polar surface area (TPSA) is 18.5 Å². The van der Waals surface area contributed by atoms with Gasteiger partial charge in [-0.05, 0) is 6.92 Å². The second-order valence-corrected chi connectivity index (χ2v) is 1.02. The molecule has 0 bridgehead atoms. The standard InChI is InChI=1S/C3H6O2.CH4/c1-3-4-2-5-3;/h3H,2H2,1H3;1H4. The molecular weight excluding hydrogens is 80.0 g/mol. The molecule has 0 aromatic carbocycles. The molecular formula is C4H10O2. The first kappa shape index (κ1) is 5.92. The van der Waals surface area contributed by atoms with Gasteiger partial charge in [-0.3, -0.25) is 0 Å². The Hall–Kier alpha value is -0.0800. The minimum absolute atomic E-state index is 0. The van der Waals surface area contributed by atoms with Gasteiger partial charge in [-0.25, -0.2) is 0 Å². The average molecular weight is 90.1 g/mol. The summed E-state index contributed by atoms with van der Waals surface area (Å²) in [6.45, 7) is 2.35. The minimum atomic E-state index is 0. The number of rotatable bonds is 0. The van der Waals surface area contributed by atoms with E-state index in [1.165, 1.54) is 0 Å². The number of hydrogen-bond donors (Lipinski definition) is 0. The van der Waals surface area contributed by atoms with E-state index >= 15 is 0 Å². The van der Waals surface area contributed by atoms with E-state index in [4.69, 9.17) is 9.47 Å². The van der Waals surface area contributed by atoms with Crippen molar-refractivity contribution in [2.75, 3.05) is 6.79 Å². The molecule has 6 heavy (non-hydrogen) atoms. The Labute approximate surface area is 38.1 Å². The summed E-state index contributed by atoms with van der Waals surface area (Å²) < 4.78 is 9.42. The third-order valence-electron chi connectivity index (χ3n) is 0.605. The van der Waals surface area contributed by atoms with Gasteiger partial charge in [-0.1, -0.05) is 7.43 Å². The fraction of sp³-hybridized carbons (Fsp3) is 1.00. The molecule has 0 radical (unpaired) electrons. The quantitative estimate of drug-likeness (QED) is 0.441. The SMILES string of the molecule is C.CC1OCO1. The zero-order valence-corrected chi connectivity index (χ0v) is 3.10. The largest absolute Gasteiger partial charge is 0.327 e. The van der Waals surface area contributed by atoms with Crippen LogP contribution in [-0.4, -0.2) is 13.1 Å². The Kier molecular flexibility index (Phi) is 2.13. The summed E-state index contributed by atoms with van der Waals surface area (Å²) in [6.07, 6.45) is 0.0648. The van der Waals surface area contributed by atoms with Crippen LogP contribution in [0.1, 0.15) is 14.4 Å². The Morgan fingerprint density at radius 1 is 1.50 bits per heavy atom. The highest BCUT2D eigenvalue weighted by molar-refractivity contribution is 4.31. The third-order valence-corrected chi connectivity index (χ3v) is 0.605. The van der Waals surface area contributed by atoms with E-state index in [9.17, 15) is 0 Å². The van der Waals surface area contributed by atoms with Gasteiger partial charge in [0.1, 0.15) is 0 Å².